The molecule has 25 heavy (non-hydrogen) atoms. The summed E-state index contributed by atoms with van der Waals surface area (Å²) < 4.78 is 29.7. The summed E-state index contributed by atoms with van der Waals surface area (Å²) in [6.07, 6.45) is 2.55. The third kappa shape index (κ3) is 4.92. The first-order chi connectivity index (χ1) is 12.0. The zero-order chi connectivity index (χ0) is 17.9. The molecule has 8 heteroatoms. The fourth-order valence-electron chi connectivity index (χ4n) is 3.64. The average molecular weight is 369 g/mol. The predicted molar refractivity (Wildman–Crippen MR) is 97.5 cm³/mol. The van der Waals surface area contributed by atoms with E-state index in [1.807, 2.05) is 6.07 Å². The van der Waals surface area contributed by atoms with E-state index in [0.717, 1.165) is 31.9 Å². The number of nitrogens with two attached hydrogens (primary N) is 1. The van der Waals surface area contributed by atoms with Crippen LogP contribution in [0.4, 0.5) is 0 Å². The summed E-state index contributed by atoms with van der Waals surface area (Å²) in [5.41, 5.74) is 2.46. The molecule has 2 N–H and O–H groups in total. The lowest BCUT2D eigenvalue weighted by molar-refractivity contribution is 0.181. The Morgan fingerprint density at radius 2 is 1.64 bits per heavy atom. The van der Waals surface area contributed by atoms with Crippen LogP contribution in [-0.2, 0) is 23.3 Å². The maximum atomic E-state index is 11.4. The molecule has 2 heterocycles. The molecule has 0 amide bonds. The number of rotatable bonds is 6. The number of likely N-dealkylation sites (tertiary alicyclic amines) is 1. The SMILES string of the molecule is COc1ccc(CN2CCN(S(N)(=O)=O)CC2)cc1CN1CCCC1. The summed E-state index contributed by atoms with van der Waals surface area (Å²) >= 11 is 0. The molecule has 0 radical (unpaired) electrons. The van der Waals surface area contributed by atoms with Gasteiger partial charge in [-0.15, -0.1) is 0 Å². The molecule has 2 fully saturated rings. The number of benzene rings is 1. The summed E-state index contributed by atoms with van der Waals surface area (Å²) in [6.45, 7) is 6.36. The van der Waals surface area contributed by atoms with Crippen molar-refractivity contribution in [2.24, 2.45) is 5.14 Å². The third-order valence-electron chi connectivity index (χ3n) is 5.03. The van der Waals surface area contributed by atoms with E-state index in [0.29, 0.717) is 26.2 Å². The van der Waals surface area contributed by atoms with E-state index in [2.05, 4.69) is 21.9 Å². The van der Waals surface area contributed by atoms with Crippen LogP contribution >= 0.6 is 0 Å². The van der Waals surface area contributed by atoms with Crippen molar-refractivity contribution in [1.82, 2.24) is 14.1 Å². The van der Waals surface area contributed by atoms with Gasteiger partial charge in [0, 0.05) is 44.8 Å². The third-order valence-corrected chi connectivity index (χ3v) is 6.12. The van der Waals surface area contributed by atoms with E-state index in [4.69, 9.17) is 9.88 Å². The average Bonchev–Trinajstić information content (AvgIpc) is 3.08. The van der Waals surface area contributed by atoms with Crippen molar-refractivity contribution in [1.29, 1.82) is 0 Å². The Bertz CT molecular complexity index is 681. The van der Waals surface area contributed by atoms with Crippen LogP contribution in [0.5, 0.6) is 5.75 Å². The van der Waals surface area contributed by atoms with Crippen LogP contribution in [0.1, 0.15) is 24.0 Å². The van der Waals surface area contributed by atoms with Crippen LogP contribution in [0.3, 0.4) is 0 Å². The van der Waals surface area contributed by atoms with E-state index >= 15 is 0 Å². The van der Waals surface area contributed by atoms with Gasteiger partial charge in [0.15, 0.2) is 0 Å². The van der Waals surface area contributed by atoms with Crippen molar-refractivity contribution in [2.75, 3.05) is 46.4 Å². The van der Waals surface area contributed by atoms with E-state index in [1.54, 1.807) is 7.11 Å². The van der Waals surface area contributed by atoms with Crippen LogP contribution in [-0.4, -0.2) is 68.9 Å². The Kier molecular flexibility index (Phi) is 5.96. The van der Waals surface area contributed by atoms with Gasteiger partial charge < -0.3 is 4.74 Å². The summed E-state index contributed by atoms with van der Waals surface area (Å²) in [6, 6.07) is 6.36. The van der Waals surface area contributed by atoms with Gasteiger partial charge in [-0.05, 0) is 43.6 Å². The second kappa shape index (κ2) is 8.01. The van der Waals surface area contributed by atoms with Gasteiger partial charge in [0.25, 0.3) is 10.2 Å². The molecule has 0 unspecified atom stereocenters. The molecule has 1 aromatic carbocycles. The standard InChI is InChI=1S/C17H28N4O3S/c1-24-17-5-4-15(12-16(17)14-19-6-2-3-7-19)13-20-8-10-21(11-9-20)25(18,22)23/h4-5,12H,2-3,6-11,13-14H2,1H3,(H2,18,22,23). The molecule has 0 aliphatic carbocycles. The molecule has 2 saturated heterocycles. The van der Waals surface area contributed by atoms with Crippen LogP contribution in [0.25, 0.3) is 0 Å². The fraction of sp³-hybridized carbons (Fsp3) is 0.647. The van der Waals surface area contributed by atoms with Gasteiger partial charge in [-0.1, -0.05) is 6.07 Å². The molecule has 140 valence electrons. The molecule has 0 saturated carbocycles. The van der Waals surface area contributed by atoms with Crippen molar-refractivity contribution in [3.63, 3.8) is 0 Å². The first kappa shape index (κ1) is 18.6. The van der Waals surface area contributed by atoms with Crippen molar-refractivity contribution < 1.29 is 13.2 Å². The van der Waals surface area contributed by atoms with Crippen molar-refractivity contribution in [3.8, 4) is 5.75 Å². The topological polar surface area (TPSA) is 79.1 Å². The van der Waals surface area contributed by atoms with E-state index in [1.165, 1.54) is 28.3 Å². The summed E-state index contributed by atoms with van der Waals surface area (Å²) in [7, 11) is -1.85. The van der Waals surface area contributed by atoms with Crippen molar-refractivity contribution in [2.45, 2.75) is 25.9 Å². The molecule has 0 bridgehead atoms. The highest BCUT2D eigenvalue weighted by molar-refractivity contribution is 7.86. The molecule has 7 nitrogen and oxygen atoms in total. The molecule has 1 aromatic rings. The van der Waals surface area contributed by atoms with Gasteiger partial charge in [0.1, 0.15) is 5.75 Å². The molecule has 2 aliphatic heterocycles. The van der Waals surface area contributed by atoms with Gasteiger partial charge in [-0.3, -0.25) is 9.80 Å². The van der Waals surface area contributed by atoms with Gasteiger partial charge in [0.05, 0.1) is 7.11 Å². The minimum atomic E-state index is -3.57. The van der Waals surface area contributed by atoms with Gasteiger partial charge in [-0.25, -0.2) is 5.14 Å². The number of methoxy groups -OCH3 is 1. The van der Waals surface area contributed by atoms with E-state index in [-0.39, 0.29) is 0 Å². The fourth-order valence-corrected chi connectivity index (χ4v) is 4.31. The molecule has 0 aromatic heterocycles. The highest BCUT2D eigenvalue weighted by Gasteiger charge is 2.24. The summed E-state index contributed by atoms with van der Waals surface area (Å²) in [5, 5.41) is 5.20. The summed E-state index contributed by atoms with van der Waals surface area (Å²) in [4.78, 5) is 4.73. The maximum Gasteiger partial charge on any atom is 0.276 e. The second-order valence-electron chi connectivity index (χ2n) is 6.85. The molecular weight excluding hydrogens is 340 g/mol. The number of hydrogen-bond acceptors (Lipinski definition) is 5. The Hall–Kier alpha value is -1.19. The summed E-state index contributed by atoms with van der Waals surface area (Å²) in [5.74, 6) is 0.940. The first-order valence-electron chi connectivity index (χ1n) is 8.84. The van der Waals surface area contributed by atoms with Crippen molar-refractivity contribution >= 4 is 10.2 Å². The molecule has 0 atom stereocenters. The minimum Gasteiger partial charge on any atom is -0.496 e. The molecular formula is C17H28N4O3S. The van der Waals surface area contributed by atoms with E-state index < -0.39 is 10.2 Å². The quantitative estimate of drug-likeness (QED) is 0.796. The first-order valence-corrected chi connectivity index (χ1v) is 10.3. The predicted octanol–water partition coefficient (Wildman–Crippen LogP) is 0.612. The minimum absolute atomic E-state index is 0.454. The number of ether oxygens (including phenoxy) is 1. The van der Waals surface area contributed by atoms with Gasteiger partial charge in [-0.2, -0.15) is 12.7 Å². The number of nitrogens with zero attached hydrogens (tertiary/aromatic N) is 3. The molecule has 2 aliphatic rings. The van der Waals surface area contributed by atoms with E-state index in [9.17, 15) is 8.42 Å². The number of piperazine rings is 1. The lowest BCUT2D eigenvalue weighted by Crippen LogP contribution is -2.50. The van der Waals surface area contributed by atoms with Crippen LogP contribution in [0.2, 0.25) is 0 Å². The monoisotopic (exact) mass is 368 g/mol. The maximum absolute atomic E-state index is 11.4. The lowest BCUT2D eigenvalue weighted by atomic mass is 10.1. The van der Waals surface area contributed by atoms with Gasteiger partial charge in [0.2, 0.25) is 0 Å². The van der Waals surface area contributed by atoms with Crippen LogP contribution in [0, 0.1) is 0 Å². The zero-order valence-electron chi connectivity index (χ0n) is 14.9. The van der Waals surface area contributed by atoms with Crippen molar-refractivity contribution in [3.05, 3.63) is 29.3 Å². The largest absolute Gasteiger partial charge is 0.496 e. The van der Waals surface area contributed by atoms with Crippen LogP contribution in [0.15, 0.2) is 18.2 Å². The highest BCUT2D eigenvalue weighted by atomic mass is 32.2. The molecule has 3 rings (SSSR count). The van der Waals surface area contributed by atoms with Gasteiger partial charge >= 0.3 is 0 Å². The van der Waals surface area contributed by atoms with Crippen LogP contribution < -0.4 is 9.88 Å². The number of hydrogen-bond donors (Lipinski definition) is 1. The Morgan fingerprint density at radius 3 is 2.24 bits per heavy atom. The zero-order valence-corrected chi connectivity index (χ0v) is 15.7. The second-order valence-corrected chi connectivity index (χ2v) is 8.40. The highest BCUT2D eigenvalue weighted by Crippen LogP contribution is 2.24. The Balaban J connectivity index is 1.62. The smallest absolute Gasteiger partial charge is 0.276 e. The normalized spacial score (nSPS) is 20.9. The Morgan fingerprint density at radius 1 is 1.00 bits per heavy atom. The molecule has 0 spiro atoms. The lowest BCUT2D eigenvalue weighted by Gasteiger charge is -2.33. The Labute approximate surface area is 150 Å².